The molecule has 1 aliphatic rings. The van der Waals surface area contributed by atoms with E-state index in [0.717, 1.165) is 4.88 Å². The van der Waals surface area contributed by atoms with Crippen LogP contribution < -0.4 is 10.4 Å². The maximum atomic E-state index is 12.5. The number of carbonyl (C=O) groups is 3. The van der Waals surface area contributed by atoms with Crippen molar-refractivity contribution in [2.75, 3.05) is 6.61 Å². The van der Waals surface area contributed by atoms with E-state index in [-0.39, 0.29) is 13.0 Å². The van der Waals surface area contributed by atoms with Gasteiger partial charge >= 0.3 is 23.5 Å². The van der Waals surface area contributed by atoms with Gasteiger partial charge in [0.2, 0.25) is 6.29 Å². The number of fused-ring (bicyclic) bond motifs is 1. The van der Waals surface area contributed by atoms with Gasteiger partial charge < -0.3 is 28.1 Å². The first-order valence-electron chi connectivity index (χ1n) is 11.1. The van der Waals surface area contributed by atoms with Crippen molar-refractivity contribution >= 4 is 40.2 Å². The Kier molecular flexibility index (Phi) is 7.70. The Labute approximate surface area is 209 Å². The molecule has 1 saturated heterocycles. The molecule has 0 amide bonds. The largest absolute Gasteiger partial charge is 0.465 e. The number of ether oxygens (including phenoxy) is 5. The highest BCUT2D eigenvalue weighted by atomic mass is 32.1. The fourth-order valence-corrected chi connectivity index (χ4v) is 4.62. The van der Waals surface area contributed by atoms with E-state index in [1.165, 1.54) is 32.1 Å². The van der Waals surface area contributed by atoms with Crippen LogP contribution in [-0.4, -0.2) is 49.1 Å². The van der Waals surface area contributed by atoms with Gasteiger partial charge in [-0.05, 0) is 29.6 Å². The van der Waals surface area contributed by atoms with Crippen molar-refractivity contribution in [2.24, 2.45) is 0 Å². The molecule has 1 fully saturated rings. The van der Waals surface area contributed by atoms with Gasteiger partial charge in [-0.25, -0.2) is 4.79 Å². The van der Waals surface area contributed by atoms with Crippen LogP contribution in [0.25, 0.3) is 21.4 Å². The zero-order chi connectivity index (χ0) is 25.8. The molecule has 4 atom stereocenters. The van der Waals surface area contributed by atoms with Gasteiger partial charge in [-0.15, -0.1) is 11.3 Å². The number of thiophene rings is 1. The van der Waals surface area contributed by atoms with E-state index in [1.807, 2.05) is 17.5 Å². The van der Waals surface area contributed by atoms with E-state index in [1.54, 1.807) is 24.3 Å². The summed E-state index contributed by atoms with van der Waals surface area (Å²) in [5, 5.41) is 2.58. The first kappa shape index (κ1) is 25.4. The van der Waals surface area contributed by atoms with Crippen molar-refractivity contribution in [3.05, 3.63) is 52.2 Å². The van der Waals surface area contributed by atoms with Crippen molar-refractivity contribution in [2.45, 2.75) is 51.8 Å². The number of hydrogen-bond acceptors (Lipinski definition) is 11. The van der Waals surface area contributed by atoms with E-state index in [9.17, 15) is 19.2 Å². The number of esters is 3. The van der Waals surface area contributed by atoms with E-state index in [0.29, 0.717) is 22.3 Å². The monoisotopic (exact) mass is 516 g/mol. The maximum Gasteiger partial charge on any atom is 0.345 e. The predicted octanol–water partition coefficient (Wildman–Crippen LogP) is 3.44. The molecule has 2 aromatic heterocycles. The molecule has 1 aromatic carbocycles. The van der Waals surface area contributed by atoms with Gasteiger partial charge in [-0.1, -0.05) is 6.07 Å². The Morgan fingerprint density at radius 1 is 1.03 bits per heavy atom. The SMILES string of the molecule is CC(=O)OC[C@H]1O[C@@H](Oc2ccc3cc(-c4cccs4)c(=O)oc3c2)C[C@@H](OC(C)=O)[C@H]1OC(C)=O. The minimum absolute atomic E-state index is 0.0351. The average molecular weight is 517 g/mol. The lowest BCUT2D eigenvalue weighted by molar-refractivity contribution is -0.245. The van der Waals surface area contributed by atoms with E-state index in [4.69, 9.17) is 28.1 Å². The van der Waals surface area contributed by atoms with E-state index < -0.39 is 48.1 Å². The molecule has 36 heavy (non-hydrogen) atoms. The minimum Gasteiger partial charge on any atom is -0.465 e. The lowest BCUT2D eigenvalue weighted by Crippen LogP contribution is -2.54. The molecule has 3 aromatic rings. The molecular formula is C25H24O10S. The molecule has 0 radical (unpaired) electrons. The molecule has 0 bridgehead atoms. The third kappa shape index (κ3) is 6.10. The molecular weight excluding hydrogens is 492 g/mol. The molecule has 11 heteroatoms. The van der Waals surface area contributed by atoms with E-state index in [2.05, 4.69) is 0 Å². The van der Waals surface area contributed by atoms with Crippen molar-refractivity contribution in [1.82, 2.24) is 0 Å². The second-order valence-corrected chi connectivity index (χ2v) is 9.05. The molecule has 0 aliphatic carbocycles. The van der Waals surface area contributed by atoms with Crippen molar-refractivity contribution in [3.63, 3.8) is 0 Å². The second-order valence-electron chi connectivity index (χ2n) is 8.11. The quantitative estimate of drug-likeness (QED) is 0.262. The molecule has 3 heterocycles. The van der Waals surface area contributed by atoms with Crippen LogP contribution in [0.1, 0.15) is 27.2 Å². The molecule has 1 aliphatic heterocycles. The van der Waals surface area contributed by atoms with Gasteiger partial charge in [0.1, 0.15) is 30.1 Å². The third-order valence-electron chi connectivity index (χ3n) is 5.32. The summed E-state index contributed by atoms with van der Waals surface area (Å²) in [5.74, 6) is -1.42. The average Bonchev–Trinajstić information content (AvgIpc) is 3.33. The first-order valence-corrected chi connectivity index (χ1v) is 12.0. The van der Waals surface area contributed by atoms with Crippen LogP contribution in [0.4, 0.5) is 0 Å². The van der Waals surface area contributed by atoms with Crippen molar-refractivity contribution in [1.29, 1.82) is 0 Å². The summed E-state index contributed by atoms with van der Waals surface area (Å²) in [6.07, 6.45) is -3.77. The van der Waals surface area contributed by atoms with Crippen LogP contribution in [0.15, 0.2) is 51.0 Å². The van der Waals surface area contributed by atoms with Gasteiger partial charge in [0.05, 0.1) is 12.0 Å². The first-order chi connectivity index (χ1) is 17.2. The Morgan fingerprint density at radius 2 is 1.81 bits per heavy atom. The highest BCUT2D eigenvalue weighted by Crippen LogP contribution is 2.31. The number of benzene rings is 1. The smallest absolute Gasteiger partial charge is 0.345 e. The Morgan fingerprint density at radius 3 is 2.47 bits per heavy atom. The summed E-state index contributed by atoms with van der Waals surface area (Å²) in [5.41, 5.74) is 0.312. The van der Waals surface area contributed by atoms with Gasteiger partial charge in [0, 0.05) is 37.1 Å². The van der Waals surface area contributed by atoms with Crippen LogP contribution >= 0.6 is 11.3 Å². The van der Waals surface area contributed by atoms with Crippen molar-refractivity contribution in [3.8, 4) is 16.2 Å². The Bertz CT molecular complexity index is 1310. The number of hydrogen-bond donors (Lipinski definition) is 0. The van der Waals surface area contributed by atoms with Gasteiger partial charge in [0.15, 0.2) is 6.10 Å². The molecule has 0 spiro atoms. The van der Waals surface area contributed by atoms with Gasteiger partial charge in [-0.2, -0.15) is 0 Å². The Balaban J connectivity index is 1.57. The summed E-state index contributed by atoms with van der Waals surface area (Å²) in [7, 11) is 0. The van der Waals surface area contributed by atoms with Crippen LogP contribution in [0.5, 0.6) is 5.75 Å². The van der Waals surface area contributed by atoms with E-state index >= 15 is 0 Å². The maximum absolute atomic E-state index is 12.5. The van der Waals surface area contributed by atoms with Crippen LogP contribution in [0.3, 0.4) is 0 Å². The molecule has 0 unspecified atom stereocenters. The number of carbonyl (C=O) groups excluding carboxylic acids is 3. The highest BCUT2D eigenvalue weighted by Gasteiger charge is 2.44. The number of rotatable bonds is 7. The summed E-state index contributed by atoms with van der Waals surface area (Å²) in [4.78, 5) is 48.0. The lowest BCUT2D eigenvalue weighted by Gasteiger charge is -2.39. The normalized spacial score (nSPS) is 21.5. The second kappa shape index (κ2) is 10.9. The predicted molar refractivity (Wildman–Crippen MR) is 127 cm³/mol. The zero-order valence-corrected chi connectivity index (χ0v) is 20.6. The lowest BCUT2D eigenvalue weighted by atomic mass is 10.0. The van der Waals surface area contributed by atoms with Crippen molar-refractivity contribution < 1.29 is 42.5 Å². The van der Waals surface area contributed by atoms with Gasteiger partial charge in [0.25, 0.3) is 0 Å². The Hall–Kier alpha value is -3.70. The molecule has 190 valence electrons. The zero-order valence-electron chi connectivity index (χ0n) is 19.8. The van der Waals surface area contributed by atoms with Crippen LogP contribution in [0, 0.1) is 0 Å². The summed E-state index contributed by atoms with van der Waals surface area (Å²) in [6.45, 7) is 3.42. The third-order valence-corrected chi connectivity index (χ3v) is 6.22. The molecule has 10 nitrogen and oxygen atoms in total. The summed E-state index contributed by atoms with van der Waals surface area (Å²) >= 11 is 1.44. The molecule has 4 rings (SSSR count). The van der Waals surface area contributed by atoms with Gasteiger partial charge in [-0.3, -0.25) is 14.4 Å². The standard InChI is InChI=1S/C25H24O10S/c1-13(26)30-12-21-24(32-15(3)28)20(31-14(2)27)11-23(34-21)33-17-7-6-16-9-18(22-5-4-8-36-22)25(29)35-19(16)10-17/h4-10,20-21,23-24H,11-12H2,1-3H3/t20-,21-,23-,24-/m1/s1. The van der Waals surface area contributed by atoms with Crippen LogP contribution in [-0.2, 0) is 33.3 Å². The molecule has 0 N–H and O–H groups in total. The summed E-state index contributed by atoms with van der Waals surface area (Å²) in [6, 6.07) is 10.4. The topological polar surface area (TPSA) is 128 Å². The highest BCUT2D eigenvalue weighted by molar-refractivity contribution is 7.13. The fourth-order valence-electron chi connectivity index (χ4n) is 3.89. The van der Waals surface area contributed by atoms with Crippen LogP contribution in [0.2, 0.25) is 0 Å². The fraction of sp³-hybridized carbons (Fsp3) is 0.360. The summed E-state index contributed by atoms with van der Waals surface area (Å²) < 4.78 is 33.1. The minimum atomic E-state index is -1.00. The molecule has 0 saturated carbocycles.